The molecule has 7 N–H and O–H groups in total. The number of aliphatic carboxylic acids is 1. The molecule has 0 aliphatic heterocycles. The van der Waals surface area contributed by atoms with Crippen LogP contribution >= 0.6 is 0 Å². The maximum Gasteiger partial charge on any atom is 0.326 e. The number of hydrogen-bond acceptors (Lipinski definition) is 6. The van der Waals surface area contributed by atoms with Crippen molar-refractivity contribution >= 4 is 23.7 Å². The highest BCUT2D eigenvalue weighted by Gasteiger charge is 2.30. The lowest BCUT2D eigenvalue weighted by atomic mass is 9.98. The molecular formula is C24H38N4O6. The van der Waals surface area contributed by atoms with Gasteiger partial charge in [-0.1, -0.05) is 52.7 Å². The Labute approximate surface area is 200 Å². The van der Waals surface area contributed by atoms with E-state index in [1.165, 1.54) is 19.1 Å². The molecule has 190 valence electrons. The van der Waals surface area contributed by atoms with Gasteiger partial charge in [0, 0.05) is 6.42 Å². The summed E-state index contributed by atoms with van der Waals surface area (Å²) in [4.78, 5) is 49.7. The molecule has 0 bridgehead atoms. The molecule has 1 rings (SSSR count). The zero-order valence-electron chi connectivity index (χ0n) is 20.5. The second kappa shape index (κ2) is 13.5. The lowest BCUT2D eigenvalue weighted by Crippen LogP contribution is -2.58. The maximum absolute atomic E-state index is 13.0. The van der Waals surface area contributed by atoms with Crippen LogP contribution < -0.4 is 21.7 Å². The van der Waals surface area contributed by atoms with Gasteiger partial charge in [-0.15, -0.1) is 0 Å². The van der Waals surface area contributed by atoms with Gasteiger partial charge in [-0.3, -0.25) is 14.4 Å². The van der Waals surface area contributed by atoms with E-state index in [-0.39, 0.29) is 24.0 Å². The van der Waals surface area contributed by atoms with Gasteiger partial charge in [-0.25, -0.2) is 4.79 Å². The highest BCUT2D eigenvalue weighted by atomic mass is 16.4. The Morgan fingerprint density at radius 3 is 1.91 bits per heavy atom. The Bertz CT molecular complexity index is 844. The van der Waals surface area contributed by atoms with Gasteiger partial charge >= 0.3 is 5.97 Å². The van der Waals surface area contributed by atoms with Crippen molar-refractivity contribution in [3.05, 3.63) is 29.8 Å². The number of carbonyl (C=O) groups is 4. The van der Waals surface area contributed by atoms with Gasteiger partial charge in [0.25, 0.3) is 0 Å². The monoisotopic (exact) mass is 478 g/mol. The largest absolute Gasteiger partial charge is 0.508 e. The third kappa shape index (κ3) is 8.66. The summed E-state index contributed by atoms with van der Waals surface area (Å²) < 4.78 is 0. The standard InChI is InChI=1S/C24H38N4O6/c1-6-13(3)19(25)23(32)27-18(12-16-8-10-17(29)11-9-16)22(31)26-15(5)21(30)28-20(24(33)34)14(4)7-2/h8-11,13-15,18-20,29H,6-7,12,25H2,1-5H3,(H,26,31)(H,27,32)(H,28,30)(H,33,34). The van der Waals surface area contributed by atoms with Crippen LogP contribution in [0.25, 0.3) is 0 Å². The van der Waals surface area contributed by atoms with Crippen LogP contribution in [-0.2, 0) is 25.6 Å². The van der Waals surface area contributed by atoms with E-state index >= 15 is 0 Å². The predicted octanol–water partition coefficient (Wildman–Crippen LogP) is 0.913. The molecule has 1 aromatic rings. The van der Waals surface area contributed by atoms with Crippen molar-refractivity contribution in [2.75, 3.05) is 0 Å². The number of aromatic hydroxyl groups is 1. The molecule has 6 atom stereocenters. The molecule has 3 amide bonds. The molecule has 0 saturated heterocycles. The zero-order valence-corrected chi connectivity index (χ0v) is 20.5. The van der Waals surface area contributed by atoms with Gasteiger partial charge < -0.3 is 31.9 Å². The van der Waals surface area contributed by atoms with Gasteiger partial charge in [0.2, 0.25) is 17.7 Å². The molecule has 0 aromatic heterocycles. The van der Waals surface area contributed by atoms with Gasteiger partial charge in [-0.2, -0.15) is 0 Å². The van der Waals surface area contributed by atoms with Crippen molar-refractivity contribution in [1.29, 1.82) is 0 Å². The van der Waals surface area contributed by atoms with Crippen LogP contribution in [0.3, 0.4) is 0 Å². The van der Waals surface area contributed by atoms with Crippen LogP contribution in [0.2, 0.25) is 0 Å². The smallest absolute Gasteiger partial charge is 0.326 e. The minimum Gasteiger partial charge on any atom is -0.508 e. The fourth-order valence-electron chi connectivity index (χ4n) is 3.20. The zero-order chi connectivity index (χ0) is 26.0. The molecule has 0 saturated carbocycles. The third-order valence-corrected chi connectivity index (χ3v) is 6.10. The highest BCUT2D eigenvalue weighted by molar-refractivity contribution is 5.94. The van der Waals surface area contributed by atoms with E-state index in [2.05, 4.69) is 16.0 Å². The highest BCUT2D eigenvalue weighted by Crippen LogP contribution is 2.13. The lowest BCUT2D eigenvalue weighted by molar-refractivity contribution is -0.143. The summed E-state index contributed by atoms with van der Waals surface area (Å²) in [5, 5.41) is 26.6. The fraction of sp³-hybridized carbons (Fsp3) is 0.583. The number of carboxylic acids is 1. The van der Waals surface area contributed by atoms with E-state index in [4.69, 9.17) is 5.73 Å². The normalized spacial score (nSPS) is 16.3. The van der Waals surface area contributed by atoms with Crippen LogP contribution in [0.15, 0.2) is 24.3 Å². The van der Waals surface area contributed by atoms with Gasteiger partial charge in [0.1, 0.15) is 23.9 Å². The molecule has 0 radical (unpaired) electrons. The third-order valence-electron chi connectivity index (χ3n) is 6.10. The quantitative estimate of drug-likeness (QED) is 0.245. The fourth-order valence-corrected chi connectivity index (χ4v) is 3.20. The van der Waals surface area contributed by atoms with Gasteiger partial charge in [0.15, 0.2) is 0 Å². The van der Waals surface area contributed by atoms with Crippen LogP contribution in [0.5, 0.6) is 5.75 Å². The summed E-state index contributed by atoms with van der Waals surface area (Å²) in [5.41, 5.74) is 6.69. The first-order valence-electron chi connectivity index (χ1n) is 11.6. The van der Waals surface area contributed by atoms with Crippen molar-refractivity contribution in [2.45, 2.75) is 78.0 Å². The van der Waals surface area contributed by atoms with E-state index in [0.29, 0.717) is 18.4 Å². The van der Waals surface area contributed by atoms with Crippen molar-refractivity contribution < 1.29 is 29.4 Å². The predicted molar refractivity (Wildman–Crippen MR) is 128 cm³/mol. The minimum absolute atomic E-state index is 0.0622. The molecule has 0 aliphatic rings. The Morgan fingerprint density at radius 2 is 1.41 bits per heavy atom. The second-order valence-electron chi connectivity index (χ2n) is 8.78. The number of carbonyl (C=O) groups excluding carboxylic acids is 3. The Balaban J connectivity index is 2.98. The van der Waals surface area contributed by atoms with Crippen LogP contribution in [0.4, 0.5) is 0 Å². The first kappa shape index (κ1) is 28.9. The molecule has 0 spiro atoms. The van der Waals surface area contributed by atoms with Gasteiger partial charge in [-0.05, 0) is 36.5 Å². The second-order valence-corrected chi connectivity index (χ2v) is 8.78. The van der Waals surface area contributed by atoms with E-state index in [9.17, 15) is 29.4 Å². The first-order chi connectivity index (χ1) is 15.9. The topological polar surface area (TPSA) is 171 Å². The number of rotatable bonds is 13. The number of nitrogens with one attached hydrogen (secondary N) is 3. The SMILES string of the molecule is CCC(C)C(N)C(=O)NC(Cc1ccc(O)cc1)C(=O)NC(C)C(=O)NC(C(=O)O)C(C)CC. The van der Waals surface area contributed by atoms with Crippen molar-refractivity contribution in [2.24, 2.45) is 17.6 Å². The number of benzene rings is 1. The maximum atomic E-state index is 13.0. The summed E-state index contributed by atoms with van der Waals surface area (Å²) >= 11 is 0. The first-order valence-corrected chi connectivity index (χ1v) is 11.6. The number of phenols is 1. The lowest BCUT2D eigenvalue weighted by Gasteiger charge is -2.26. The van der Waals surface area contributed by atoms with Crippen molar-refractivity contribution in [1.82, 2.24) is 16.0 Å². The molecule has 10 heteroatoms. The van der Waals surface area contributed by atoms with Crippen LogP contribution in [-0.4, -0.2) is 58.1 Å². The molecular weight excluding hydrogens is 440 g/mol. The van der Waals surface area contributed by atoms with E-state index < -0.39 is 47.9 Å². The summed E-state index contributed by atoms with van der Waals surface area (Å²) in [6, 6.07) is 2.20. The van der Waals surface area contributed by atoms with E-state index in [1.807, 2.05) is 20.8 Å². The van der Waals surface area contributed by atoms with Crippen molar-refractivity contribution in [3.63, 3.8) is 0 Å². The number of hydrogen-bond donors (Lipinski definition) is 6. The Morgan fingerprint density at radius 1 is 0.853 bits per heavy atom. The summed E-state index contributed by atoms with van der Waals surface area (Å²) in [6.07, 6.45) is 1.33. The number of amides is 3. The van der Waals surface area contributed by atoms with E-state index in [1.54, 1.807) is 19.1 Å². The average molecular weight is 479 g/mol. The van der Waals surface area contributed by atoms with E-state index in [0.717, 1.165) is 0 Å². The van der Waals surface area contributed by atoms with Crippen LogP contribution in [0, 0.1) is 11.8 Å². The minimum atomic E-state index is -1.15. The molecule has 34 heavy (non-hydrogen) atoms. The molecule has 6 unspecified atom stereocenters. The summed E-state index contributed by atoms with van der Waals surface area (Å²) in [6.45, 7) is 8.71. The molecule has 0 fully saturated rings. The van der Waals surface area contributed by atoms with Crippen molar-refractivity contribution in [3.8, 4) is 5.75 Å². The Hall–Kier alpha value is -3.14. The van der Waals surface area contributed by atoms with Gasteiger partial charge in [0.05, 0.1) is 6.04 Å². The summed E-state index contributed by atoms with van der Waals surface area (Å²) in [7, 11) is 0. The molecule has 0 heterocycles. The molecule has 10 nitrogen and oxygen atoms in total. The average Bonchev–Trinajstić information content (AvgIpc) is 2.81. The number of phenolic OH excluding ortho intramolecular Hbond substituents is 1. The molecule has 1 aromatic carbocycles. The number of nitrogens with two attached hydrogens (primary N) is 1. The Kier molecular flexibility index (Phi) is 11.5. The molecule has 0 aliphatic carbocycles. The summed E-state index contributed by atoms with van der Waals surface area (Å²) in [5.74, 6) is -3.25. The van der Waals surface area contributed by atoms with Crippen LogP contribution in [0.1, 0.15) is 53.0 Å². The number of carboxylic acid groups (broad SMARTS) is 1.